The lowest BCUT2D eigenvalue weighted by molar-refractivity contribution is -0.120. The van der Waals surface area contributed by atoms with Crippen LogP contribution in [0.2, 0.25) is 5.02 Å². The summed E-state index contributed by atoms with van der Waals surface area (Å²) < 4.78 is 15.8. The maximum atomic E-state index is 15.8. The molecule has 0 aliphatic heterocycles. The van der Waals surface area contributed by atoms with Gasteiger partial charge in [0.2, 0.25) is 0 Å². The van der Waals surface area contributed by atoms with Gasteiger partial charge in [0.25, 0.3) is 0 Å². The van der Waals surface area contributed by atoms with Gasteiger partial charge in [-0.15, -0.1) is 11.6 Å². The van der Waals surface area contributed by atoms with Crippen LogP contribution < -0.4 is 0 Å². The lowest BCUT2D eigenvalue weighted by atomic mass is 9.50. The molecule has 3 aliphatic rings. The van der Waals surface area contributed by atoms with Crippen molar-refractivity contribution in [1.29, 1.82) is 0 Å². The molecule has 5 heteroatoms. The van der Waals surface area contributed by atoms with Gasteiger partial charge in [0.1, 0.15) is 11.9 Å². The zero-order valence-electron chi connectivity index (χ0n) is 17.4. The summed E-state index contributed by atoms with van der Waals surface area (Å²) in [5, 5.41) is 21.7. The molecule has 0 aromatic heterocycles. The third-order valence-corrected chi connectivity index (χ3v) is 9.41. The van der Waals surface area contributed by atoms with Crippen LogP contribution in [0, 0.1) is 23.2 Å². The molecule has 0 radical (unpaired) electrons. The topological polar surface area (TPSA) is 40.5 Å². The number of hydrogen-bond acceptors (Lipinski definition) is 2. The number of hydrogen-bond donors (Lipinski definition) is 2. The molecule has 162 valence electrons. The Morgan fingerprint density at radius 2 is 1.97 bits per heavy atom. The molecule has 2 fully saturated rings. The smallest absolute Gasteiger partial charge is 0.134 e. The van der Waals surface area contributed by atoms with Crippen LogP contribution in [0.4, 0.5) is 4.39 Å². The Balaban J connectivity index is 1.74. The summed E-state index contributed by atoms with van der Waals surface area (Å²) in [6.45, 7) is 4.01. The first kappa shape index (κ1) is 21.7. The van der Waals surface area contributed by atoms with Gasteiger partial charge in [-0.1, -0.05) is 37.4 Å². The summed E-state index contributed by atoms with van der Waals surface area (Å²) in [5.41, 5.74) is 0.714. The van der Waals surface area contributed by atoms with Crippen LogP contribution in [0.1, 0.15) is 75.8 Å². The van der Waals surface area contributed by atoms with E-state index in [2.05, 4.69) is 6.92 Å². The number of rotatable bonds is 5. The van der Waals surface area contributed by atoms with Gasteiger partial charge in [0.05, 0.1) is 10.6 Å². The number of phenols is 1. The Hall–Kier alpha value is -0.510. The Morgan fingerprint density at radius 1 is 1.21 bits per heavy atom. The van der Waals surface area contributed by atoms with E-state index in [0.29, 0.717) is 29.2 Å². The van der Waals surface area contributed by atoms with Crippen molar-refractivity contribution in [2.75, 3.05) is 5.88 Å². The van der Waals surface area contributed by atoms with Crippen LogP contribution in [-0.2, 0) is 6.42 Å². The number of halogens is 3. The van der Waals surface area contributed by atoms with Crippen molar-refractivity contribution in [2.24, 2.45) is 23.2 Å². The van der Waals surface area contributed by atoms with Crippen molar-refractivity contribution in [3.8, 4) is 5.75 Å². The van der Waals surface area contributed by atoms with Gasteiger partial charge in [0.15, 0.2) is 0 Å². The van der Waals surface area contributed by atoms with Crippen molar-refractivity contribution in [3.05, 3.63) is 28.3 Å². The Bertz CT molecular complexity index is 767. The molecule has 1 aromatic carbocycles. The maximum absolute atomic E-state index is 15.8. The van der Waals surface area contributed by atoms with Crippen LogP contribution in [0.25, 0.3) is 0 Å². The molecule has 7 atom stereocenters. The van der Waals surface area contributed by atoms with Crippen molar-refractivity contribution in [3.63, 3.8) is 0 Å². The van der Waals surface area contributed by atoms with Crippen molar-refractivity contribution < 1.29 is 14.6 Å². The summed E-state index contributed by atoms with van der Waals surface area (Å²) in [6.07, 6.45) is 6.04. The van der Waals surface area contributed by atoms with E-state index in [1.807, 2.05) is 13.0 Å². The van der Waals surface area contributed by atoms with Crippen LogP contribution in [0.15, 0.2) is 12.1 Å². The molecule has 0 amide bonds. The average molecular weight is 443 g/mol. The fraction of sp³-hybridized carbons (Fsp3) is 0.750. The highest BCUT2D eigenvalue weighted by Gasteiger charge is 2.63. The van der Waals surface area contributed by atoms with Crippen molar-refractivity contribution in [1.82, 2.24) is 0 Å². The SMILES string of the molecule is CC1(O)CCC2C3C(CCCCCCl)Cc4c(ccc(O)c4Cl)C3C(F)CC21C. The lowest BCUT2D eigenvalue weighted by Crippen LogP contribution is -2.55. The molecule has 7 unspecified atom stereocenters. The van der Waals surface area contributed by atoms with Gasteiger partial charge in [-0.05, 0) is 80.4 Å². The van der Waals surface area contributed by atoms with Gasteiger partial charge in [-0.2, -0.15) is 0 Å². The standard InChI is InChI=1S/C24H33Cl2FO2/c1-23-13-18(27)21-15-7-8-19(28)22(26)16(15)12-14(6-4-3-5-11-25)20(21)17(23)9-10-24(23,2)29/h7-8,14,17-18,20-21,28-29H,3-6,9-13H2,1-2H3. The van der Waals surface area contributed by atoms with E-state index in [9.17, 15) is 10.2 Å². The molecule has 0 saturated heterocycles. The highest BCUT2D eigenvalue weighted by atomic mass is 35.5. The molecule has 4 rings (SSSR count). The van der Waals surface area contributed by atoms with E-state index < -0.39 is 11.8 Å². The van der Waals surface area contributed by atoms with Gasteiger partial charge in [-0.3, -0.25) is 0 Å². The Kier molecular flexibility index (Phi) is 5.90. The number of aliphatic hydroxyl groups is 1. The molecule has 2 N–H and O–H groups in total. The Morgan fingerprint density at radius 3 is 2.69 bits per heavy atom. The zero-order chi connectivity index (χ0) is 21.0. The summed E-state index contributed by atoms with van der Waals surface area (Å²) in [4.78, 5) is 0. The molecule has 0 bridgehead atoms. The second-order valence-electron chi connectivity index (χ2n) is 10.1. The largest absolute Gasteiger partial charge is 0.506 e. The third-order valence-electron chi connectivity index (χ3n) is 8.72. The quantitative estimate of drug-likeness (QED) is 0.396. The summed E-state index contributed by atoms with van der Waals surface area (Å²) in [7, 11) is 0. The highest BCUT2D eigenvalue weighted by molar-refractivity contribution is 6.32. The number of phenolic OH excluding ortho intramolecular Hbond substituents is 1. The van der Waals surface area contributed by atoms with Gasteiger partial charge >= 0.3 is 0 Å². The fourth-order valence-electron chi connectivity index (χ4n) is 6.99. The predicted octanol–water partition coefficient (Wildman–Crippen LogP) is 6.63. The first-order valence-electron chi connectivity index (χ1n) is 11.1. The number of alkyl halides is 2. The monoisotopic (exact) mass is 442 g/mol. The molecule has 2 saturated carbocycles. The molecule has 29 heavy (non-hydrogen) atoms. The maximum Gasteiger partial charge on any atom is 0.134 e. The molecular formula is C24H33Cl2FO2. The van der Waals surface area contributed by atoms with Crippen LogP contribution in [-0.4, -0.2) is 27.9 Å². The second kappa shape index (κ2) is 7.88. The third kappa shape index (κ3) is 3.40. The molecule has 0 spiro atoms. The van der Waals surface area contributed by atoms with E-state index in [1.165, 1.54) is 0 Å². The van der Waals surface area contributed by atoms with Crippen LogP contribution in [0.5, 0.6) is 5.75 Å². The summed E-state index contributed by atoms with van der Waals surface area (Å²) in [6, 6.07) is 3.50. The molecule has 2 nitrogen and oxygen atoms in total. The molecule has 3 aliphatic carbocycles. The number of unbranched alkanes of at least 4 members (excludes halogenated alkanes) is 2. The minimum absolute atomic E-state index is 0.0876. The number of aromatic hydroxyl groups is 1. The van der Waals surface area contributed by atoms with Crippen LogP contribution in [0.3, 0.4) is 0 Å². The Labute approximate surface area is 183 Å². The predicted molar refractivity (Wildman–Crippen MR) is 117 cm³/mol. The normalized spacial score (nSPS) is 41.0. The number of benzene rings is 1. The molecule has 1 aromatic rings. The molecular weight excluding hydrogens is 410 g/mol. The highest BCUT2D eigenvalue weighted by Crippen LogP contribution is 2.66. The first-order chi connectivity index (χ1) is 13.7. The van der Waals surface area contributed by atoms with Gasteiger partial charge < -0.3 is 10.2 Å². The first-order valence-corrected chi connectivity index (χ1v) is 12.0. The van der Waals surface area contributed by atoms with Gasteiger partial charge in [0, 0.05) is 17.2 Å². The van der Waals surface area contributed by atoms with E-state index in [4.69, 9.17) is 23.2 Å². The van der Waals surface area contributed by atoms with Crippen LogP contribution >= 0.6 is 23.2 Å². The second-order valence-corrected chi connectivity index (χ2v) is 10.9. The van der Waals surface area contributed by atoms with E-state index in [1.54, 1.807) is 6.07 Å². The summed E-state index contributed by atoms with van der Waals surface area (Å²) in [5.74, 6) is 1.41. The van der Waals surface area contributed by atoms with Gasteiger partial charge in [-0.25, -0.2) is 4.39 Å². The fourth-order valence-corrected chi connectivity index (χ4v) is 7.43. The van der Waals surface area contributed by atoms with E-state index in [-0.39, 0.29) is 23.0 Å². The minimum Gasteiger partial charge on any atom is -0.506 e. The van der Waals surface area contributed by atoms with Crippen molar-refractivity contribution in [2.45, 2.75) is 82.9 Å². The average Bonchev–Trinajstić information content (AvgIpc) is 2.90. The molecule has 0 heterocycles. The minimum atomic E-state index is -1.00. The lowest BCUT2D eigenvalue weighted by Gasteiger charge is -2.56. The zero-order valence-corrected chi connectivity index (χ0v) is 18.9. The van der Waals surface area contributed by atoms with E-state index in [0.717, 1.165) is 56.1 Å². The van der Waals surface area contributed by atoms with E-state index >= 15 is 4.39 Å². The summed E-state index contributed by atoms with van der Waals surface area (Å²) >= 11 is 12.4. The van der Waals surface area contributed by atoms with Crippen molar-refractivity contribution >= 4 is 23.2 Å². The number of fused-ring (bicyclic) bond motifs is 5.